The Labute approximate surface area is 75.3 Å². The normalized spacial score (nSPS) is 16.5. The third-order valence-electron chi connectivity index (χ3n) is 2.13. The second kappa shape index (κ2) is 2.63. The number of hydrogen-bond acceptors (Lipinski definition) is 1. The quantitative estimate of drug-likeness (QED) is 0.669. The summed E-state index contributed by atoms with van der Waals surface area (Å²) in [6.45, 7) is 0. The molecule has 0 bridgehead atoms. The van der Waals surface area contributed by atoms with Gasteiger partial charge < -0.3 is 5.73 Å². The van der Waals surface area contributed by atoms with Crippen LogP contribution in [0.15, 0.2) is 12.1 Å². The minimum Gasteiger partial charge on any atom is -0.397 e. The van der Waals surface area contributed by atoms with E-state index in [1.165, 1.54) is 6.07 Å². The fourth-order valence-corrected chi connectivity index (χ4v) is 1.46. The lowest BCUT2D eigenvalue weighted by atomic mass is 10.1. The molecule has 3 heteroatoms. The Kier molecular flexibility index (Phi) is 1.72. The van der Waals surface area contributed by atoms with Crippen molar-refractivity contribution < 1.29 is 4.39 Å². The van der Waals surface area contributed by atoms with Gasteiger partial charge in [-0.1, -0.05) is 11.6 Å². The molecule has 1 saturated carbocycles. The predicted molar refractivity (Wildman–Crippen MR) is 47.8 cm³/mol. The van der Waals surface area contributed by atoms with Crippen molar-refractivity contribution in [3.05, 3.63) is 28.5 Å². The zero-order chi connectivity index (χ0) is 8.72. The second-order valence-corrected chi connectivity index (χ2v) is 3.58. The highest BCUT2D eigenvalue weighted by Gasteiger charge is 2.27. The molecule has 2 rings (SSSR count). The summed E-state index contributed by atoms with van der Waals surface area (Å²) in [7, 11) is 0. The monoisotopic (exact) mass is 185 g/mol. The van der Waals surface area contributed by atoms with Crippen LogP contribution in [-0.4, -0.2) is 0 Å². The molecule has 0 radical (unpaired) electrons. The SMILES string of the molecule is Nc1cc(F)c(C2CC2)cc1Cl. The number of rotatable bonds is 1. The Bertz CT molecular complexity index is 321. The molecule has 2 N–H and O–H groups in total. The molecule has 0 saturated heterocycles. The van der Waals surface area contributed by atoms with Crippen LogP contribution in [-0.2, 0) is 0 Å². The van der Waals surface area contributed by atoms with Gasteiger partial charge in [0.2, 0.25) is 0 Å². The van der Waals surface area contributed by atoms with Crippen LogP contribution in [0, 0.1) is 5.82 Å². The van der Waals surface area contributed by atoms with Gasteiger partial charge in [0.05, 0.1) is 10.7 Å². The van der Waals surface area contributed by atoms with Gasteiger partial charge in [-0.2, -0.15) is 0 Å². The molecule has 0 aliphatic heterocycles. The number of halogens is 2. The first-order valence-electron chi connectivity index (χ1n) is 3.93. The molecular weight excluding hydrogens is 177 g/mol. The summed E-state index contributed by atoms with van der Waals surface area (Å²) in [5.74, 6) is 0.155. The largest absolute Gasteiger partial charge is 0.397 e. The first kappa shape index (κ1) is 7.87. The standard InChI is InChI=1S/C9H9ClFN/c10-7-3-6(5-1-2-5)8(11)4-9(7)12/h3-5H,1-2,12H2. The molecule has 1 aliphatic rings. The molecule has 1 aliphatic carbocycles. The molecule has 0 heterocycles. The molecular formula is C9H9ClFN. The Morgan fingerprint density at radius 3 is 2.67 bits per heavy atom. The summed E-state index contributed by atoms with van der Waals surface area (Å²) in [4.78, 5) is 0. The van der Waals surface area contributed by atoms with Gasteiger partial charge in [0.1, 0.15) is 5.82 Å². The minimum atomic E-state index is -0.223. The Balaban J connectivity index is 2.47. The molecule has 64 valence electrons. The highest BCUT2D eigenvalue weighted by molar-refractivity contribution is 6.33. The Hall–Kier alpha value is -0.760. The van der Waals surface area contributed by atoms with E-state index < -0.39 is 0 Å². The number of nitrogen functional groups attached to an aromatic ring is 1. The van der Waals surface area contributed by atoms with Crippen LogP contribution < -0.4 is 5.73 Å². The molecule has 1 aromatic rings. The number of hydrogen-bond donors (Lipinski definition) is 1. The summed E-state index contributed by atoms with van der Waals surface area (Å²) in [6.07, 6.45) is 2.13. The van der Waals surface area contributed by atoms with Crippen molar-refractivity contribution in [1.82, 2.24) is 0 Å². The van der Waals surface area contributed by atoms with E-state index in [0.29, 0.717) is 22.2 Å². The van der Waals surface area contributed by atoms with Crippen LogP contribution in [0.2, 0.25) is 5.02 Å². The zero-order valence-corrected chi connectivity index (χ0v) is 7.24. The maximum atomic E-state index is 13.2. The fourth-order valence-electron chi connectivity index (χ4n) is 1.28. The average molecular weight is 186 g/mol. The molecule has 0 amide bonds. The third kappa shape index (κ3) is 1.27. The van der Waals surface area contributed by atoms with Crippen molar-refractivity contribution in [1.29, 1.82) is 0 Å². The smallest absolute Gasteiger partial charge is 0.128 e. The van der Waals surface area contributed by atoms with Crippen molar-refractivity contribution in [2.75, 3.05) is 5.73 Å². The van der Waals surface area contributed by atoms with Crippen LogP contribution in [0.3, 0.4) is 0 Å². The lowest BCUT2D eigenvalue weighted by molar-refractivity contribution is 0.611. The van der Waals surface area contributed by atoms with Gasteiger partial charge in [0.15, 0.2) is 0 Å². The van der Waals surface area contributed by atoms with Crippen LogP contribution in [0.4, 0.5) is 10.1 Å². The highest BCUT2D eigenvalue weighted by Crippen LogP contribution is 2.42. The first-order valence-corrected chi connectivity index (χ1v) is 4.30. The van der Waals surface area contributed by atoms with Crippen LogP contribution in [0.1, 0.15) is 24.3 Å². The summed E-state index contributed by atoms with van der Waals surface area (Å²) in [6, 6.07) is 2.94. The second-order valence-electron chi connectivity index (χ2n) is 3.17. The van der Waals surface area contributed by atoms with E-state index in [0.717, 1.165) is 12.8 Å². The Morgan fingerprint density at radius 2 is 2.08 bits per heavy atom. The molecule has 0 spiro atoms. The molecule has 0 unspecified atom stereocenters. The van der Waals surface area contributed by atoms with Gasteiger partial charge in [0.25, 0.3) is 0 Å². The number of nitrogens with two attached hydrogens (primary N) is 1. The van der Waals surface area contributed by atoms with Crippen molar-refractivity contribution in [3.63, 3.8) is 0 Å². The highest BCUT2D eigenvalue weighted by atomic mass is 35.5. The van der Waals surface area contributed by atoms with Crippen LogP contribution in [0.25, 0.3) is 0 Å². The van der Waals surface area contributed by atoms with E-state index in [1.54, 1.807) is 6.07 Å². The summed E-state index contributed by atoms with van der Waals surface area (Å²) < 4.78 is 13.2. The molecule has 1 aromatic carbocycles. The lowest BCUT2D eigenvalue weighted by Crippen LogP contribution is -1.92. The van der Waals surface area contributed by atoms with E-state index in [9.17, 15) is 4.39 Å². The van der Waals surface area contributed by atoms with Gasteiger partial charge >= 0.3 is 0 Å². The van der Waals surface area contributed by atoms with Crippen molar-refractivity contribution in [3.8, 4) is 0 Å². The summed E-state index contributed by atoms with van der Waals surface area (Å²) in [5, 5.41) is 0.457. The van der Waals surface area contributed by atoms with E-state index in [2.05, 4.69) is 0 Å². The van der Waals surface area contributed by atoms with Crippen LogP contribution >= 0.6 is 11.6 Å². The first-order chi connectivity index (χ1) is 5.68. The van der Waals surface area contributed by atoms with E-state index in [1.807, 2.05) is 0 Å². The summed E-state index contributed by atoms with van der Waals surface area (Å²) >= 11 is 5.77. The van der Waals surface area contributed by atoms with Crippen molar-refractivity contribution in [2.24, 2.45) is 0 Å². The molecule has 1 fully saturated rings. The topological polar surface area (TPSA) is 26.0 Å². The van der Waals surface area contributed by atoms with Gasteiger partial charge in [0, 0.05) is 0 Å². The average Bonchev–Trinajstić information content (AvgIpc) is 2.79. The molecule has 1 nitrogen and oxygen atoms in total. The molecule has 0 atom stereocenters. The maximum absolute atomic E-state index is 13.2. The van der Waals surface area contributed by atoms with E-state index in [4.69, 9.17) is 17.3 Å². The van der Waals surface area contributed by atoms with Gasteiger partial charge in [-0.05, 0) is 36.5 Å². The van der Waals surface area contributed by atoms with Gasteiger partial charge in [-0.3, -0.25) is 0 Å². The summed E-state index contributed by atoms with van der Waals surface area (Å²) in [5.41, 5.74) is 6.47. The number of benzene rings is 1. The predicted octanol–water partition coefficient (Wildman–Crippen LogP) is 2.94. The van der Waals surface area contributed by atoms with Gasteiger partial charge in [-0.25, -0.2) is 4.39 Å². The van der Waals surface area contributed by atoms with Crippen LogP contribution in [0.5, 0.6) is 0 Å². The Morgan fingerprint density at radius 1 is 1.42 bits per heavy atom. The molecule has 12 heavy (non-hydrogen) atoms. The van der Waals surface area contributed by atoms with E-state index in [-0.39, 0.29) is 5.82 Å². The lowest BCUT2D eigenvalue weighted by Gasteiger charge is -2.03. The maximum Gasteiger partial charge on any atom is 0.128 e. The van der Waals surface area contributed by atoms with Gasteiger partial charge in [-0.15, -0.1) is 0 Å². The van der Waals surface area contributed by atoms with E-state index >= 15 is 0 Å². The van der Waals surface area contributed by atoms with Crippen molar-refractivity contribution >= 4 is 17.3 Å². The molecule has 0 aromatic heterocycles. The number of anilines is 1. The fraction of sp³-hybridized carbons (Fsp3) is 0.333. The third-order valence-corrected chi connectivity index (χ3v) is 2.46. The van der Waals surface area contributed by atoms with Crippen molar-refractivity contribution in [2.45, 2.75) is 18.8 Å². The zero-order valence-electron chi connectivity index (χ0n) is 6.48. The minimum absolute atomic E-state index is 0.223.